The molecule has 4 nitrogen and oxygen atoms in total. The van der Waals surface area contributed by atoms with Gasteiger partial charge in [-0.1, -0.05) is 48.5 Å². The van der Waals surface area contributed by atoms with Crippen LogP contribution in [0.25, 0.3) is 10.8 Å². The minimum atomic E-state index is -0.301. The van der Waals surface area contributed by atoms with Gasteiger partial charge >= 0.3 is 5.97 Å². The number of piperidine rings is 1. The number of ether oxygens (including phenoxy) is 2. The fourth-order valence-corrected chi connectivity index (χ4v) is 3.93. The standard InChI is InChI=1S/C24H25NO3/c1-27-24(26)21-8-4-7-20(14-21)22-11-12-25-15-23(22)28-16-17-9-10-18-5-2-3-6-19(18)13-17/h2-10,13-14,22-23,25H,11-12,15-16H2,1H3. The van der Waals surface area contributed by atoms with Crippen molar-refractivity contribution in [3.63, 3.8) is 0 Å². The molecule has 0 saturated carbocycles. The SMILES string of the molecule is COC(=O)c1cccc(C2CCNCC2OCc2ccc3ccccc3c2)c1. The lowest BCUT2D eigenvalue weighted by Crippen LogP contribution is -2.41. The van der Waals surface area contributed by atoms with E-state index in [2.05, 4.69) is 53.8 Å². The lowest BCUT2D eigenvalue weighted by atomic mass is 9.87. The molecule has 144 valence electrons. The average Bonchev–Trinajstić information content (AvgIpc) is 2.77. The van der Waals surface area contributed by atoms with Crippen molar-refractivity contribution >= 4 is 16.7 Å². The van der Waals surface area contributed by atoms with Crippen molar-refractivity contribution in [3.05, 3.63) is 83.4 Å². The summed E-state index contributed by atoms with van der Waals surface area (Å²) in [6.45, 7) is 2.33. The van der Waals surface area contributed by atoms with Gasteiger partial charge in [0.15, 0.2) is 0 Å². The summed E-state index contributed by atoms with van der Waals surface area (Å²) in [5, 5.41) is 5.90. The quantitative estimate of drug-likeness (QED) is 0.676. The number of hydrogen-bond acceptors (Lipinski definition) is 4. The summed E-state index contributed by atoms with van der Waals surface area (Å²) in [4.78, 5) is 11.9. The molecule has 28 heavy (non-hydrogen) atoms. The number of carbonyl (C=O) groups excluding carboxylic acids is 1. The summed E-state index contributed by atoms with van der Waals surface area (Å²) in [6.07, 6.45) is 1.04. The summed E-state index contributed by atoms with van der Waals surface area (Å²) in [5.74, 6) is -0.0456. The van der Waals surface area contributed by atoms with Gasteiger partial charge in [0.1, 0.15) is 0 Å². The van der Waals surface area contributed by atoms with Crippen molar-refractivity contribution in [1.29, 1.82) is 0 Å². The van der Waals surface area contributed by atoms with Crippen LogP contribution in [0.5, 0.6) is 0 Å². The van der Waals surface area contributed by atoms with E-state index in [1.165, 1.54) is 23.4 Å². The Morgan fingerprint density at radius 3 is 2.75 bits per heavy atom. The third kappa shape index (κ3) is 4.08. The molecular weight excluding hydrogens is 350 g/mol. The van der Waals surface area contributed by atoms with Crippen LogP contribution in [0.4, 0.5) is 0 Å². The number of benzene rings is 3. The Kier molecular flexibility index (Phi) is 5.70. The number of carbonyl (C=O) groups is 1. The predicted molar refractivity (Wildman–Crippen MR) is 111 cm³/mol. The molecule has 2 atom stereocenters. The smallest absolute Gasteiger partial charge is 0.337 e. The lowest BCUT2D eigenvalue weighted by molar-refractivity contribution is 0.0106. The first-order valence-electron chi connectivity index (χ1n) is 9.73. The van der Waals surface area contributed by atoms with E-state index >= 15 is 0 Å². The largest absolute Gasteiger partial charge is 0.465 e. The number of hydrogen-bond donors (Lipinski definition) is 1. The van der Waals surface area contributed by atoms with Crippen molar-refractivity contribution in [2.45, 2.75) is 25.0 Å². The molecular formula is C24H25NO3. The first-order valence-corrected chi connectivity index (χ1v) is 9.73. The highest BCUT2D eigenvalue weighted by molar-refractivity contribution is 5.89. The lowest BCUT2D eigenvalue weighted by Gasteiger charge is -2.32. The molecule has 3 aromatic rings. The second-order valence-electron chi connectivity index (χ2n) is 7.25. The Morgan fingerprint density at radius 2 is 1.89 bits per heavy atom. The molecule has 2 unspecified atom stereocenters. The van der Waals surface area contributed by atoms with E-state index in [0.29, 0.717) is 12.2 Å². The van der Waals surface area contributed by atoms with Gasteiger partial charge in [-0.2, -0.15) is 0 Å². The summed E-state index contributed by atoms with van der Waals surface area (Å²) >= 11 is 0. The van der Waals surface area contributed by atoms with Crippen LogP contribution in [0.1, 0.15) is 33.8 Å². The van der Waals surface area contributed by atoms with E-state index in [9.17, 15) is 4.79 Å². The monoisotopic (exact) mass is 375 g/mol. The first kappa shape index (κ1) is 18.7. The molecule has 0 radical (unpaired) electrons. The van der Waals surface area contributed by atoms with E-state index < -0.39 is 0 Å². The Morgan fingerprint density at radius 1 is 1.04 bits per heavy atom. The summed E-state index contributed by atoms with van der Waals surface area (Å²) in [5.41, 5.74) is 2.89. The minimum absolute atomic E-state index is 0.0631. The fourth-order valence-electron chi connectivity index (χ4n) is 3.93. The van der Waals surface area contributed by atoms with Crippen molar-refractivity contribution in [2.24, 2.45) is 0 Å². The van der Waals surface area contributed by atoms with Gasteiger partial charge in [0.25, 0.3) is 0 Å². The van der Waals surface area contributed by atoms with Crippen molar-refractivity contribution in [3.8, 4) is 0 Å². The molecule has 0 aliphatic carbocycles. The van der Waals surface area contributed by atoms with Gasteiger partial charge in [-0.05, 0) is 53.1 Å². The van der Waals surface area contributed by atoms with Gasteiger partial charge in [-0.25, -0.2) is 4.79 Å². The predicted octanol–water partition coefficient (Wildman–Crippen LogP) is 4.29. The van der Waals surface area contributed by atoms with E-state index in [1.807, 2.05) is 12.1 Å². The molecule has 0 aromatic heterocycles. The molecule has 1 aliphatic heterocycles. The Hall–Kier alpha value is -2.69. The highest BCUT2D eigenvalue weighted by atomic mass is 16.5. The fraction of sp³-hybridized carbons (Fsp3) is 0.292. The second kappa shape index (κ2) is 8.55. The van der Waals surface area contributed by atoms with Gasteiger partial charge in [-0.3, -0.25) is 0 Å². The maximum Gasteiger partial charge on any atom is 0.337 e. The second-order valence-corrected chi connectivity index (χ2v) is 7.25. The first-order chi connectivity index (χ1) is 13.7. The molecule has 3 aromatic carbocycles. The molecule has 0 bridgehead atoms. The number of esters is 1. The van der Waals surface area contributed by atoms with Gasteiger partial charge < -0.3 is 14.8 Å². The van der Waals surface area contributed by atoms with Crippen LogP contribution < -0.4 is 5.32 Å². The number of nitrogens with one attached hydrogen (secondary N) is 1. The van der Waals surface area contributed by atoms with Crippen molar-refractivity contribution in [2.75, 3.05) is 20.2 Å². The van der Waals surface area contributed by atoms with Crippen LogP contribution in [0.3, 0.4) is 0 Å². The van der Waals surface area contributed by atoms with E-state index in [0.717, 1.165) is 25.1 Å². The van der Waals surface area contributed by atoms with Gasteiger partial charge in [0.2, 0.25) is 0 Å². The topological polar surface area (TPSA) is 47.6 Å². The van der Waals surface area contributed by atoms with Gasteiger partial charge in [0, 0.05) is 12.5 Å². The van der Waals surface area contributed by atoms with Crippen LogP contribution in [0.15, 0.2) is 66.7 Å². The van der Waals surface area contributed by atoms with E-state index in [1.54, 1.807) is 6.07 Å². The molecule has 1 heterocycles. The van der Waals surface area contributed by atoms with Crippen LogP contribution >= 0.6 is 0 Å². The summed E-state index contributed by atoms with van der Waals surface area (Å²) < 4.78 is 11.2. The molecule has 1 fully saturated rings. The number of methoxy groups -OCH3 is 1. The molecule has 4 rings (SSSR count). The molecule has 4 heteroatoms. The van der Waals surface area contributed by atoms with Gasteiger partial charge in [-0.15, -0.1) is 0 Å². The van der Waals surface area contributed by atoms with Crippen LogP contribution in [-0.4, -0.2) is 32.3 Å². The molecule has 0 amide bonds. The zero-order valence-corrected chi connectivity index (χ0v) is 16.1. The van der Waals surface area contributed by atoms with Crippen molar-refractivity contribution < 1.29 is 14.3 Å². The maximum atomic E-state index is 11.9. The van der Waals surface area contributed by atoms with E-state index in [4.69, 9.17) is 9.47 Å². The highest BCUT2D eigenvalue weighted by Gasteiger charge is 2.27. The summed E-state index contributed by atoms with van der Waals surface area (Å²) in [6, 6.07) is 22.6. The third-order valence-electron chi connectivity index (χ3n) is 5.44. The average molecular weight is 375 g/mol. The molecule has 1 saturated heterocycles. The molecule has 1 aliphatic rings. The molecule has 0 spiro atoms. The van der Waals surface area contributed by atoms with Gasteiger partial charge in [0.05, 0.1) is 25.4 Å². The number of rotatable bonds is 5. The normalized spacial score (nSPS) is 19.5. The maximum absolute atomic E-state index is 11.9. The summed E-state index contributed by atoms with van der Waals surface area (Å²) in [7, 11) is 1.41. The third-order valence-corrected chi connectivity index (χ3v) is 5.44. The van der Waals surface area contributed by atoms with Crippen LogP contribution in [0.2, 0.25) is 0 Å². The zero-order valence-electron chi connectivity index (χ0n) is 16.1. The highest BCUT2D eigenvalue weighted by Crippen LogP contribution is 2.29. The molecule has 1 N–H and O–H groups in total. The zero-order chi connectivity index (χ0) is 19.3. The van der Waals surface area contributed by atoms with Crippen LogP contribution in [-0.2, 0) is 16.1 Å². The Labute approximate surface area is 165 Å². The Bertz CT molecular complexity index is 969. The minimum Gasteiger partial charge on any atom is -0.465 e. The Balaban J connectivity index is 1.50. The number of fused-ring (bicyclic) bond motifs is 1. The van der Waals surface area contributed by atoms with Crippen molar-refractivity contribution in [1.82, 2.24) is 5.32 Å². The van der Waals surface area contributed by atoms with E-state index in [-0.39, 0.29) is 18.0 Å². The van der Waals surface area contributed by atoms with Crippen LogP contribution in [0, 0.1) is 0 Å².